The van der Waals surface area contributed by atoms with E-state index in [-0.39, 0.29) is 0 Å². The molecule has 0 saturated carbocycles. The Balaban J connectivity index is 1.64. The predicted octanol–water partition coefficient (Wildman–Crippen LogP) is 3.78. The van der Waals surface area contributed by atoms with E-state index < -0.39 is 0 Å². The maximum Gasteiger partial charge on any atom is 0.128 e. The van der Waals surface area contributed by atoms with E-state index in [0.717, 1.165) is 43.3 Å². The fourth-order valence-corrected chi connectivity index (χ4v) is 2.37. The Kier molecular flexibility index (Phi) is 6.42. The summed E-state index contributed by atoms with van der Waals surface area (Å²) in [4.78, 5) is 4.41. The third kappa shape index (κ3) is 4.87. The van der Waals surface area contributed by atoms with Crippen LogP contribution in [0.15, 0.2) is 29.3 Å². The Morgan fingerprint density at radius 2 is 1.80 bits per heavy atom. The highest BCUT2D eigenvalue weighted by atomic mass is 16.5. The van der Waals surface area contributed by atoms with Gasteiger partial charge in [-0.15, -0.1) is 0 Å². The van der Waals surface area contributed by atoms with E-state index >= 15 is 0 Å². The second-order valence-corrected chi connectivity index (χ2v) is 5.30. The molecule has 0 bridgehead atoms. The number of amidine groups is 1. The lowest BCUT2D eigenvalue weighted by molar-refractivity contribution is 0.304. The molecule has 0 radical (unpaired) electrons. The minimum atomic E-state index is 0.824. The van der Waals surface area contributed by atoms with Gasteiger partial charge in [0.05, 0.1) is 13.2 Å². The third-order valence-electron chi connectivity index (χ3n) is 3.57. The van der Waals surface area contributed by atoms with Crippen LogP contribution in [0.3, 0.4) is 0 Å². The van der Waals surface area contributed by atoms with Crippen LogP contribution in [0, 0.1) is 0 Å². The topological polar surface area (TPSA) is 33.6 Å². The van der Waals surface area contributed by atoms with Gasteiger partial charge < -0.3 is 10.1 Å². The summed E-state index contributed by atoms with van der Waals surface area (Å²) in [6, 6.07) is 8.23. The quantitative estimate of drug-likeness (QED) is 0.695. The van der Waals surface area contributed by atoms with Crippen LogP contribution in [0.4, 0.5) is 0 Å². The zero-order valence-electron chi connectivity index (χ0n) is 12.5. The number of rotatable bonds is 9. The number of ether oxygens (including phenoxy) is 1. The molecule has 1 aliphatic heterocycles. The second kappa shape index (κ2) is 8.62. The molecule has 110 valence electrons. The highest BCUT2D eigenvalue weighted by molar-refractivity contribution is 5.99. The summed E-state index contributed by atoms with van der Waals surface area (Å²) in [5.74, 6) is 1.97. The van der Waals surface area contributed by atoms with Gasteiger partial charge in [0.25, 0.3) is 0 Å². The number of nitrogens with zero attached hydrogens (tertiary/aromatic N) is 1. The van der Waals surface area contributed by atoms with Crippen LogP contribution in [0.2, 0.25) is 0 Å². The van der Waals surface area contributed by atoms with E-state index in [9.17, 15) is 0 Å². The zero-order valence-corrected chi connectivity index (χ0v) is 12.5. The van der Waals surface area contributed by atoms with E-state index in [2.05, 4.69) is 29.4 Å². The summed E-state index contributed by atoms with van der Waals surface area (Å²) in [6.07, 6.45) is 7.80. The first-order valence-corrected chi connectivity index (χ1v) is 7.91. The molecular weight excluding hydrogens is 248 g/mol. The van der Waals surface area contributed by atoms with Crippen LogP contribution in [-0.2, 0) is 0 Å². The lowest BCUT2D eigenvalue weighted by Crippen LogP contribution is -2.19. The first-order chi connectivity index (χ1) is 9.90. The van der Waals surface area contributed by atoms with Crippen LogP contribution in [-0.4, -0.2) is 25.5 Å². The van der Waals surface area contributed by atoms with Crippen molar-refractivity contribution >= 4 is 5.84 Å². The molecule has 0 aliphatic carbocycles. The summed E-state index contributed by atoms with van der Waals surface area (Å²) >= 11 is 0. The van der Waals surface area contributed by atoms with Crippen LogP contribution < -0.4 is 10.1 Å². The van der Waals surface area contributed by atoms with E-state index in [1.54, 1.807) is 0 Å². The minimum Gasteiger partial charge on any atom is -0.494 e. The molecule has 2 rings (SSSR count). The highest BCUT2D eigenvalue weighted by Crippen LogP contribution is 2.14. The zero-order chi connectivity index (χ0) is 14.0. The average Bonchev–Trinajstić information content (AvgIpc) is 3.01. The monoisotopic (exact) mass is 274 g/mol. The summed E-state index contributed by atoms with van der Waals surface area (Å²) < 4.78 is 5.77. The molecule has 1 aromatic carbocycles. The van der Waals surface area contributed by atoms with Crippen LogP contribution >= 0.6 is 0 Å². The number of hydrogen-bond acceptors (Lipinski definition) is 3. The molecular formula is C17H26N2O. The van der Waals surface area contributed by atoms with Crippen molar-refractivity contribution in [3.05, 3.63) is 29.8 Å². The van der Waals surface area contributed by atoms with Crippen molar-refractivity contribution in [1.82, 2.24) is 5.32 Å². The standard InChI is InChI=1S/C17H26N2O/c1-2-3-4-5-6-7-14-20-16-10-8-15(9-11-16)17-18-12-13-19-17/h8-11H,2-7,12-14H2,1H3,(H,18,19). The Hall–Kier alpha value is -1.51. The molecule has 3 heteroatoms. The summed E-state index contributed by atoms with van der Waals surface area (Å²) in [7, 11) is 0. The van der Waals surface area contributed by atoms with Crippen LogP contribution in [0.25, 0.3) is 0 Å². The van der Waals surface area contributed by atoms with Crippen molar-refractivity contribution in [2.45, 2.75) is 45.4 Å². The first kappa shape index (κ1) is 14.9. The molecule has 1 heterocycles. The molecule has 3 nitrogen and oxygen atoms in total. The third-order valence-corrected chi connectivity index (χ3v) is 3.57. The van der Waals surface area contributed by atoms with E-state index in [1.807, 2.05) is 12.1 Å². The molecule has 1 aromatic rings. The van der Waals surface area contributed by atoms with Crippen molar-refractivity contribution in [2.24, 2.45) is 4.99 Å². The minimum absolute atomic E-state index is 0.824. The van der Waals surface area contributed by atoms with Crippen molar-refractivity contribution in [3.8, 4) is 5.75 Å². The summed E-state index contributed by atoms with van der Waals surface area (Å²) in [5.41, 5.74) is 1.15. The number of nitrogens with one attached hydrogen (secondary N) is 1. The van der Waals surface area contributed by atoms with Crippen molar-refractivity contribution in [2.75, 3.05) is 19.7 Å². The molecule has 1 N–H and O–H groups in total. The molecule has 1 aliphatic rings. The summed E-state index contributed by atoms with van der Waals surface area (Å²) in [6.45, 7) is 4.90. The Bertz CT molecular complexity index is 412. The van der Waals surface area contributed by atoms with Gasteiger partial charge in [-0.2, -0.15) is 0 Å². The molecule has 20 heavy (non-hydrogen) atoms. The summed E-state index contributed by atoms with van der Waals surface area (Å²) in [5, 5.41) is 3.28. The molecule has 0 atom stereocenters. The van der Waals surface area contributed by atoms with Gasteiger partial charge in [-0.3, -0.25) is 4.99 Å². The van der Waals surface area contributed by atoms with Gasteiger partial charge in [-0.05, 0) is 30.7 Å². The van der Waals surface area contributed by atoms with Gasteiger partial charge in [-0.25, -0.2) is 0 Å². The van der Waals surface area contributed by atoms with E-state index in [4.69, 9.17) is 4.74 Å². The van der Waals surface area contributed by atoms with E-state index in [0.29, 0.717) is 0 Å². The lowest BCUT2D eigenvalue weighted by Gasteiger charge is -2.07. The van der Waals surface area contributed by atoms with Gasteiger partial charge in [0.15, 0.2) is 0 Å². The number of hydrogen-bond donors (Lipinski definition) is 1. The molecule has 0 amide bonds. The fraction of sp³-hybridized carbons (Fsp3) is 0.588. The van der Waals surface area contributed by atoms with Crippen LogP contribution in [0.5, 0.6) is 5.75 Å². The number of aliphatic imine (C=N–C) groups is 1. The van der Waals surface area contributed by atoms with Crippen molar-refractivity contribution in [3.63, 3.8) is 0 Å². The second-order valence-electron chi connectivity index (χ2n) is 5.30. The molecule has 0 fully saturated rings. The Morgan fingerprint density at radius 3 is 2.50 bits per heavy atom. The first-order valence-electron chi connectivity index (χ1n) is 7.91. The maximum atomic E-state index is 5.77. The van der Waals surface area contributed by atoms with Gasteiger partial charge in [0, 0.05) is 12.1 Å². The normalized spacial score (nSPS) is 13.9. The maximum absolute atomic E-state index is 5.77. The largest absolute Gasteiger partial charge is 0.494 e. The molecule has 0 unspecified atom stereocenters. The predicted molar refractivity (Wildman–Crippen MR) is 84.7 cm³/mol. The molecule has 0 aromatic heterocycles. The smallest absolute Gasteiger partial charge is 0.128 e. The number of unbranched alkanes of at least 4 members (excludes halogenated alkanes) is 5. The van der Waals surface area contributed by atoms with Crippen molar-refractivity contribution < 1.29 is 4.74 Å². The van der Waals surface area contributed by atoms with E-state index in [1.165, 1.54) is 32.1 Å². The van der Waals surface area contributed by atoms with Crippen molar-refractivity contribution in [1.29, 1.82) is 0 Å². The Morgan fingerprint density at radius 1 is 1.05 bits per heavy atom. The van der Waals surface area contributed by atoms with Crippen LogP contribution in [0.1, 0.15) is 51.0 Å². The number of benzene rings is 1. The van der Waals surface area contributed by atoms with Gasteiger partial charge in [-0.1, -0.05) is 39.0 Å². The lowest BCUT2D eigenvalue weighted by atomic mass is 10.1. The SMILES string of the molecule is CCCCCCCCOc1ccc(C2=NCCN2)cc1. The van der Waals surface area contributed by atoms with Gasteiger partial charge in [0.1, 0.15) is 11.6 Å². The molecule has 0 spiro atoms. The average molecular weight is 274 g/mol. The van der Waals surface area contributed by atoms with Gasteiger partial charge in [0.2, 0.25) is 0 Å². The Labute approximate surface area is 122 Å². The van der Waals surface area contributed by atoms with Gasteiger partial charge >= 0.3 is 0 Å². The highest BCUT2D eigenvalue weighted by Gasteiger charge is 2.07. The molecule has 0 saturated heterocycles. The fourth-order valence-electron chi connectivity index (χ4n) is 2.37.